The van der Waals surface area contributed by atoms with Crippen molar-refractivity contribution >= 4 is 51.8 Å². The van der Waals surface area contributed by atoms with Crippen LogP contribution in [0, 0.1) is 14.8 Å². The largest absolute Gasteiger partial charge is 0.340 e. The standard InChI is InChI=1S/C31H28FIN8O/c1-18-17-41(13-12-35-18)30(34)40-29(42)19-6-9-22(10-7-19)38-31-37-16-20-15-36-28(24-4-2-3-5-26(24)32)25-14-21(33)8-11-23(25)27(20)39-31/h2-11,14,16,18,35H,12-13,15,17H2,1H3,(H2,34,40,42)(H,37,38,39). The summed E-state index contributed by atoms with van der Waals surface area (Å²) in [6.07, 6.45) is 1.74. The van der Waals surface area contributed by atoms with Crippen LogP contribution < -0.4 is 16.0 Å². The Bertz CT molecular complexity index is 1710. The van der Waals surface area contributed by atoms with Gasteiger partial charge >= 0.3 is 0 Å². The normalized spacial score (nSPS) is 16.0. The molecule has 212 valence electrons. The number of carbonyl (C=O) groups excluding carboxylic acids is 1. The monoisotopic (exact) mass is 674 g/mol. The van der Waals surface area contributed by atoms with Gasteiger partial charge in [-0.2, -0.15) is 0 Å². The van der Waals surface area contributed by atoms with Crippen molar-refractivity contribution in [3.63, 3.8) is 0 Å². The number of fused-ring (bicyclic) bond motifs is 3. The van der Waals surface area contributed by atoms with Crippen LogP contribution in [-0.2, 0) is 6.54 Å². The lowest BCUT2D eigenvalue weighted by atomic mass is 9.95. The number of carbonyl (C=O) groups is 1. The van der Waals surface area contributed by atoms with E-state index in [0.29, 0.717) is 48.1 Å². The number of rotatable bonds is 4. The van der Waals surface area contributed by atoms with Crippen molar-refractivity contribution in [2.24, 2.45) is 4.99 Å². The van der Waals surface area contributed by atoms with Crippen molar-refractivity contribution < 1.29 is 9.18 Å². The zero-order valence-corrected chi connectivity index (χ0v) is 24.9. The summed E-state index contributed by atoms with van der Waals surface area (Å²) in [5.74, 6) is -0.172. The van der Waals surface area contributed by atoms with Gasteiger partial charge in [-0.1, -0.05) is 18.2 Å². The highest BCUT2D eigenvalue weighted by Gasteiger charge is 2.23. The molecule has 6 rings (SSSR count). The number of nitrogens with zero attached hydrogens (tertiary/aromatic N) is 4. The van der Waals surface area contributed by atoms with E-state index in [2.05, 4.69) is 50.4 Å². The summed E-state index contributed by atoms with van der Waals surface area (Å²) in [5.41, 5.74) is 5.41. The van der Waals surface area contributed by atoms with Crippen molar-refractivity contribution in [3.05, 3.63) is 105 Å². The summed E-state index contributed by atoms with van der Waals surface area (Å²) in [7, 11) is 0. The van der Waals surface area contributed by atoms with Gasteiger partial charge in [-0.05, 0) is 78.0 Å². The number of hydrogen-bond acceptors (Lipinski definition) is 7. The number of hydrogen-bond donors (Lipinski definition) is 4. The summed E-state index contributed by atoms with van der Waals surface area (Å²) in [5, 5.41) is 17.5. The van der Waals surface area contributed by atoms with Gasteiger partial charge in [0, 0.05) is 68.9 Å². The van der Waals surface area contributed by atoms with E-state index in [-0.39, 0.29) is 23.7 Å². The third kappa shape index (κ3) is 5.88. The lowest BCUT2D eigenvalue weighted by Gasteiger charge is -2.33. The van der Waals surface area contributed by atoms with E-state index in [1.807, 2.05) is 23.1 Å². The van der Waals surface area contributed by atoms with Crippen LogP contribution in [0.2, 0.25) is 0 Å². The van der Waals surface area contributed by atoms with Crippen molar-refractivity contribution in [1.29, 1.82) is 5.41 Å². The minimum Gasteiger partial charge on any atom is -0.340 e. The molecule has 3 heterocycles. The van der Waals surface area contributed by atoms with Gasteiger partial charge in [0.05, 0.1) is 18.0 Å². The van der Waals surface area contributed by atoms with E-state index in [9.17, 15) is 9.18 Å². The van der Waals surface area contributed by atoms with Crippen LogP contribution in [0.15, 0.2) is 77.9 Å². The number of nitrogens with one attached hydrogen (secondary N) is 4. The molecular formula is C31H28FIN8O. The molecule has 4 N–H and O–H groups in total. The third-order valence-corrected chi connectivity index (χ3v) is 7.88. The fourth-order valence-electron chi connectivity index (χ4n) is 5.10. The molecule has 0 aliphatic carbocycles. The summed E-state index contributed by atoms with van der Waals surface area (Å²) >= 11 is 2.24. The van der Waals surface area contributed by atoms with Gasteiger partial charge in [0.25, 0.3) is 5.91 Å². The third-order valence-electron chi connectivity index (χ3n) is 7.21. The molecule has 11 heteroatoms. The van der Waals surface area contributed by atoms with Gasteiger partial charge in [-0.3, -0.25) is 20.5 Å². The number of benzene rings is 3. The molecule has 0 spiro atoms. The van der Waals surface area contributed by atoms with Crippen LogP contribution in [0.1, 0.15) is 34.0 Å². The Kier molecular flexibility index (Phi) is 7.94. The Labute approximate surface area is 256 Å². The molecule has 42 heavy (non-hydrogen) atoms. The number of aliphatic imine (C=N–C) groups is 1. The highest BCUT2D eigenvalue weighted by molar-refractivity contribution is 14.1. The van der Waals surface area contributed by atoms with Crippen molar-refractivity contribution in [2.75, 3.05) is 25.0 Å². The van der Waals surface area contributed by atoms with Gasteiger partial charge in [0.1, 0.15) is 5.82 Å². The second-order valence-electron chi connectivity index (χ2n) is 10.2. The fraction of sp³-hybridized carbons (Fsp3) is 0.194. The van der Waals surface area contributed by atoms with Crippen molar-refractivity contribution in [1.82, 2.24) is 25.5 Å². The number of halogens is 2. The second kappa shape index (κ2) is 11.9. The molecule has 1 saturated heterocycles. The molecule has 0 radical (unpaired) electrons. The molecular weight excluding hydrogens is 646 g/mol. The Morgan fingerprint density at radius 3 is 2.69 bits per heavy atom. The highest BCUT2D eigenvalue weighted by atomic mass is 127. The molecule has 1 atom stereocenters. The molecule has 3 aromatic carbocycles. The number of amides is 1. The zero-order chi connectivity index (χ0) is 29.2. The van der Waals surface area contributed by atoms with Crippen LogP contribution in [0.5, 0.6) is 0 Å². The Morgan fingerprint density at radius 1 is 1.10 bits per heavy atom. The quantitative estimate of drug-likeness (QED) is 0.139. The first-order chi connectivity index (χ1) is 20.4. The minimum atomic E-state index is -0.337. The van der Waals surface area contributed by atoms with Gasteiger partial charge in [-0.25, -0.2) is 14.4 Å². The Balaban J connectivity index is 1.21. The topological polar surface area (TPSA) is 118 Å². The van der Waals surface area contributed by atoms with E-state index in [1.54, 1.807) is 48.7 Å². The molecule has 2 aliphatic heterocycles. The smallest absolute Gasteiger partial charge is 0.257 e. The molecule has 9 nitrogen and oxygen atoms in total. The molecule has 1 amide bonds. The lowest BCUT2D eigenvalue weighted by Crippen LogP contribution is -2.55. The zero-order valence-electron chi connectivity index (χ0n) is 22.8. The van der Waals surface area contributed by atoms with Crippen molar-refractivity contribution in [3.8, 4) is 11.3 Å². The average molecular weight is 675 g/mol. The van der Waals surface area contributed by atoms with Crippen LogP contribution >= 0.6 is 22.6 Å². The first kappa shape index (κ1) is 27.9. The summed E-state index contributed by atoms with van der Waals surface area (Å²) in [6, 6.07) is 19.8. The minimum absolute atomic E-state index is 0.103. The number of anilines is 2. The molecule has 0 saturated carbocycles. The molecule has 2 aliphatic rings. The van der Waals surface area contributed by atoms with Gasteiger partial charge in [0.15, 0.2) is 5.96 Å². The highest BCUT2D eigenvalue weighted by Crippen LogP contribution is 2.33. The van der Waals surface area contributed by atoms with Crippen LogP contribution in [0.25, 0.3) is 11.3 Å². The maximum Gasteiger partial charge on any atom is 0.257 e. The van der Waals surface area contributed by atoms with Gasteiger partial charge < -0.3 is 15.5 Å². The maximum atomic E-state index is 14.8. The average Bonchev–Trinajstić information content (AvgIpc) is 3.14. The van der Waals surface area contributed by atoms with Crippen LogP contribution in [0.3, 0.4) is 0 Å². The lowest BCUT2D eigenvalue weighted by molar-refractivity contribution is 0.0970. The first-order valence-electron chi connectivity index (χ1n) is 13.6. The molecule has 1 fully saturated rings. The van der Waals surface area contributed by atoms with E-state index < -0.39 is 0 Å². The second-order valence-corrected chi connectivity index (χ2v) is 11.5. The van der Waals surface area contributed by atoms with Crippen LogP contribution in [-0.4, -0.2) is 58.1 Å². The van der Waals surface area contributed by atoms with E-state index in [0.717, 1.165) is 32.5 Å². The summed E-state index contributed by atoms with van der Waals surface area (Å²) in [6.45, 7) is 4.49. The van der Waals surface area contributed by atoms with E-state index >= 15 is 0 Å². The molecule has 4 aromatic rings. The van der Waals surface area contributed by atoms with Gasteiger partial charge in [-0.15, -0.1) is 0 Å². The molecule has 1 aromatic heterocycles. The number of guanidine groups is 1. The van der Waals surface area contributed by atoms with E-state index in [1.165, 1.54) is 6.07 Å². The number of aromatic nitrogens is 2. The van der Waals surface area contributed by atoms with E-state index in [4.69, 9.17) is 15.4 Å². The predicted molar refractivity (Wildman–Crippen MR) is 170 cm³/mol. The Hall–Kier alpha value is -4.23. The van der Waals surface area contributed by atoms with Gasteiger partial charge in [0.2, 0.25) is 5.95 Å². The molecule has 0 bridgehead atoms. The molecule has 1 unspecified atom stereocenters. The Morgan fingerprint density at radius 2 is 1.90 bits per heavy atom. The fourth-order valence-corrected chi connectivity index (χ4v) is 5.59. The van der Waals surface area contributed by atoms with Crippen molar-refractivity contribution in [2.45, 2.75) is 19.5 Å². The predicted octanol–water partition coefficient (Wildman–Crippen LogP) is 4.94. The van der Waals surface area contributed by atoms with Crippen LogP contribution in [0.4, 0.5) is 16.0 Å². The number of piperazine rings is 1. The maximum absolute atomic E-state index is 14.8. The first-order valence-corrected chi connectivity index (χ1v) is 14.6. The summed E-state index contributed by atoms with van der Waals surface area (Å²) < 4.78 is 15.8. The SMILES string of the molecule is CC1CN(C(=N)NC(=O)c2ccc(Nc3ncc4c(n3)-c3ccc(I)cc3C(c3ccccc3F)=NC4)cc2)CCN1. The summed E-state index contributed by atoms with van der Waals surface area (Å²) in [4.78, 5) is 28.7.